The number of esters is 2. The number of hydrogen-bond donors (Lipinski definition) is 1. The third kappa shape index (κ3) is 14.2. The summed E-state index contributed by atoms with van der Waals surface area (Å²) in [7, 11) is 2.74. The van der Waals surface area contributed by atoms with Crippen LogP contribution in [-0.2, 0) is 21.3 Å². The minimum Gasteiger partial charge on any atom is -0.465 e. The number of urea groups is 2. The number of ether oxygens (including phenoxy) is 2. The smallest absolute Gasteiger partial charge is 0.337 e. The van der Waals surface area contributed by atoms with Gasteiger partial charge in [0.25, 0.3) is 0 Å². The fourth-order valence-corrected chi connectivity index (χ4v) is 6.61. The zero-order valence-electron chi connectivity index (χ0n) is 32.4. The first-order chi connectivity index (χ1) is 26.6. The Kier molecular flexibility index (Phi) is 19.1. The highest BCUT2D eigenvalue weighted by Crippen LogP contribution is 2.23. The highest BCUT2D eigenvalue weighted by molar-refractivity contribution is 9.08. The first-order valence-corrected chi connectivity index (χ1v) is 19.9. The van der Waals surface area contributed by atoms with E-state index >= 15 is 0 Å². The molecule has 1 N–H and O–H groups in total. The van der Waals surface area contributed by atoms with Crippen molar-refractivity contribution in [3.05, 3.63) is 130 Å². The quantitative estimate of drug-likeness (QED) is 0.147. The molecule has 10 nitrogen and oxygen atoms in total. The summed E-state index contributed by atoms with van der Waals surface area (Å²) >= 11 is 3.32. The molecule has 2 aliphatic rings. The van der Waals surface area contributed by atoms with E-state index in [0.29, 0.717) is 17.7 Å². The zero-order valence-corrected chi connectivity index (χ0v) is 34.0. The van der Waals surface area contributed by atoms with Crippen LogP contribution in [0.2, 0.25) is 0 Å². The van der Waals surface area contributed by atoms with Crippen molar-refractivity contribution >= 4 is 51.3 Å². The fraction of sp³-hybridized carbons (Fsp3) is 0.378. The zero-order chi connectivity index (χ0) is 39.6. The van der Waals surface area contributed by atoms with E-state index in [0.717, 1.165) is 90.8 Å². The van der Waals surface area contributed by atoms with Gasteiger partial charge in [-0.1, -0.05) is 71.9 Å². The number of carbonyl (C=O) groups excluding carboxylic acids is 4. The van der Waals surface area contributed by atoms with Gasteiger partial charge in [-0.25, -0.2) is 19.2 Å². The Balaban J connectivity index is 0.000000246. The van der Waals surface area contributed by atoms with Gasteiger partial charge in [0.05, 0.1) is 31.9 Å². The number of hydrogen-bond acceptors (Lipinski definition) is 6. The highest BCUT2D eigenvalue weighted by atomic mass is 79.9. The molecule has 0 saturated carbocycles. The van der Waals surface area contributed by atoms with Crippen LogP contribution in [-0.4, -0.2) is 74.2 Å². The van der Waals surface area contributed by atoms with Gasteiger partial charge >= 0.3 is 24.0 Å². The predicted octanol–water partition coefficient (Wildman–Crippen LogP) is 10.4. The van der Waals surface area contributed by atoms with Crippen molar-refractivity contribution in [2.75, 3.05) is 50.6 Å². The third-order valence-electron chi connectivity index (χ3n) is 9.33. The molecule has 0 aromatic heterocycles. The maximum absolute atomic E-state index is 13.2. The minimum absolute atomic E-state index is 0. The second-order valence-electron chi connectivity index (χ2n) is 13.6. The van der Waals surface area contributed by atoms with Gasteiger partial charge in [-0.05, 0) is 123 Å². The molecule has 0 spiro atoms. The molecule has 2 fully saturated rings. The van der Waals surface area contributed by atoms with Crippen molar-refractivity contribution in [3.63, 3.8) is 0 Å². The van der Waals surface area contributed by atoms with Crippen LogP contribution in [0.4, 0.5) is 21.0 Å². The molecule has 2 aliphatic heterocycles. The number of aryl methyl sites for hydroxylation is 2. The average molecular weight is 830 g/mol. The Bertz CT molecular complexity index is 1840. The highest BCUT2D eigenvalue weighted by Gasteiger charge is 2.24. The number of methoxy groups -OCH3 is 2. The van der Waals surface area contributed by atoms with Gasteiger partial charge in [0.1, 0.15) is 0 Å². The van der Waals surface area contributed by atoms with Gasteiger partial charge in [0, 0.05) is 42.9 Å². The summed E-state index contributed by atoms with van der Waals surface area (Å²) in [6, 6.07) is 30.5. The predicted molar refractivity (Wildman–Crippen MR) is 229 cm³/mol. The normalized spacial score (nSPS) is 13.3. The van der Waals surface area contributed by atoms with Crippen molar-refractivity contribution in [2.45, 2.75) is 71.7 Å². The van der Waals surface area contributed by atoms with Crippen LogP contribution in [0.15, 0.2) is 97.1 Å². The number of halogens is 1. The molecule has 4 aromatic rings. The summed E-state index contributed by atoms with van der Waals surface area (Å²) in [6.45, 7) is 7.90. The number of amides is 4. The maximum atomic E-state index is 13.2. The Morgan fingerprint density at radius 2 is 1.12 bits per heavy atom. The number of nitrogens with zero attached hydrogens (tertiary/aromatic N) is 3. The summed E-state index contributed by atoms with van der Waals surface area (Å²) in [4.78, 5) is 53.4. The number of benzene rings is 4. The summed E-state index contributed by atoms with van der Waals surface area (Å²) in [5.41, 5.74) is 7.25. The first-order valence-electron chi connectivity index (χ1n) is 18.8. The number of nitrogens with one attached hydrogen (secondary N) is 1. The Labute approximate surface area is 341 Å². The lowest BCUT2D eigenvalue weighted by Crippen LogP contribution is -2.45. The van der Waals surface area contributed by atoms with Gasteiger partial charge in [0.15, 0.2) is 0 Å². The second kappa shape index (κ2) is 23.7. The van der Waals surface area contributed by atoms with Gasteiger partial charge in [-0.15, -0.1) is 0 Å². The molecule has 0 unspecified atom stereocenters. The molecule has 300 valence electrons. The summed E-state index contributed by atoms with van der Waals surface area (Å²) in [6.07, 6.45) is 6.79. The van der Waals surface area contributed by atoms with Crippen LogP contribution in [0, 0.1) is 13.8 Å². The number of likely N-dealkylation sites (tertiary alicyclic amines) is 2. The molecule has 4 aromatic carbocycles. The third-order valence-corrected chi connectivity index (χ3v) is 9.98. The van der Waals surface area contributed by atoms with Crippen LogP contribution >= 0.6 is 15.9 Å². The summed E-state index contributed by atoms with van der Waals surface area (Å²) < 4.78 is 9.31. The van der Waals surface area contributed by atoms with Crippen molar-refractivity contribution < 1.29 is 28.7 Å². The van der Waals surface area contributed by atoms with E-state index in [-0.39, 0.29) is 31.4 Å². The lowest BCUT2D eigenvalue weighted by molar-refractivity contribution is 0.0592. The van der Waals surface area contributed by atoms with E-state index < -0.39 is 0 Å². The van der Waals surface area contributed by atoms with E-state index in [4.69, 9.17) is 4.74 Å². The standard InChI is InChI=1S/C22H26N2O3.C13H18N2O.C9H9BrO2.CH4/c1-17-7-6-8-20(15-17)24(22(26)23-13-4-3-5-14-23)16-18-9-11-19(12-10-18)21(25)27-2;1-11-6-5-7-12(10-11)14-13(16)15-8-3-2-4-9-15;1-12-9(11)8-4-2-7(6-10)3-5-8;/h6-12,15H,3-5,13-14,16H2,1-2H3;5-7,10H,2-4,8-9H2,1H3,(H,14,16);2-5H,6H2,1H3;1H4. The summed E-state index contributed by atoms with van der Waals surface area (Å²) in [5, 5.41) is 3.74. The monoisotopic (exact) mass is 828 g/mol. The molecule has 2 saturated heterocycles. The van der Waals surface area contributed by atoms with E-state index in [2.05, 4.69) is 26.0 Å². The van der Waals surface area contributed by atoms with Crippen molar-refractivity contribution in [2.24, 2.45) is 0 Å². The van der Waals surface area contributed by atoms with E-state index in [1.807, 2.05) is 101 Å². The second-order valence-corrected chi connectivity index (χ2v) is 14.2. The van der Waals surface area contributed by atoms with Crippen LogP contribution in [0.1, 0.15) is 88.9 Å². The molecule has 6 rings (SSSR count). The Hall–Kier alpha value is -5.16. The Morgan fingerprint density at radius 1 is 0.643 bits per heavy atom. The number of alkyl halides is 1. The lowest BCUT2D eigenvalue weighted by Gasteiger charge is -2.33. The van der Waals surface area contributed by atoms with Gasteiger partial charge < -0.3 is 24.6 Å². The van der Waals surface area contributed by atoms with Gasteiger partial charge in [-0.3, -0.25) is 4.90 Å². The first kappa shape index (κ1) is 45.2. The molecule has 0 aliphatic carbocycles. The molecule has 2 heterocycles. The van der Waals surface area contributed by atoms with Crippen LogP contribution in [0.5, 0.6) is 0 Å². The molecule has 11 heteroatoms. The number of carbonyl (C=O) groups is 4. The maximum Gasteiger partial charge on any atom is 0.337 e. The van der Waals surface area contributed by atoms with Crippen LogP contribution < -0.4 is 10.2 Å². The number of rotatable bonds is 7. The molecular formula is C45H57BrN4O6. The number of anilines is 2. The molecule has 56 heavy (non-hydrogen) atoms. The Morgan fingerprint density at radius 3 is 1.61 bits per heavy atom. The minimum atomic E-state index is -0.360. The topological polar surface area (TPSA) is 108 Å². The molecule has 0 bridgehead atoms. The van der Waals surface area contributed by atoms with Crippen LogP contribution in [0.25, 0.3) is 0 Å². The van der Waals surface area contributed by atoms with Gasteiger partial charge in [-0.2, -0.15) is 0 Å². The van der Waals surface area contributed by atoms with E-state index in [1.54, 1.807) is 24.3 Å². The van der Waals surface area contributed by atoms with E-state index in [1.165, 1.54) is 27.1 Å². The van der Waals surface area contributed by atoms with E-state index in [9.17, 15) is 19.2 Å². The average Bonchev–Trinajstić information content (AvgIpc) is 3.23. The summed E-state index contributed by atoms with van der Waals surface area (Å²) in [5.74, 6) is -0.655. The SMILES string of the molecule is C.COC(=O)c1ccc(CBr)cc1.COC(=O)c1ccc(CN(C(=O)N2CCCCC2)c2cccc(C)c2)cc1.Cc1cccc(NC(=O)N2CCCCC2)c1. The largest absolute Gasteiger partial charge is 0.465 e. The lowest BCUT2D eigenvalue weighted by atomic mass is 10.1. The number of piperidine rings is 2. The molecular weight excluding hydrogens is 772 g/mol. The van der Waals surface area contributed by atoms with Crippen molar-refractivity contribution in [1.82, 2.24) is 9.80 Å². The molecule has 0 radical (unpaired) electrons. The fourth-order valence-electron chi connectivity index (χ4n) is 6.24. The molecule has 0 atom stereocenters. The van der Waals surface area contributed by atoms with Gasteiger partial charge in [0.2, 0.25) is 0 Å². The van der Waals surface area contributed by atoms with Crippen molar-refractivity contribution in [3.8, 4) is 0 Å². The van der Waals surface area contributed by atoms with Crippen molar-refractivity contribution in [1.29, 1.82) is 0 Å². The van der Waals surface area contributed by atoms with Crippen LogP contribution in [0.3, 0.4) is 0 Å². The molecule has 4 amide bonds.